The number of aromatic nitrogens is 1. The van der Waals surface area contributed by atoms with Gasteiger partial charge in [-0.3, -0.25) is 18.8 Å². The van der Waals surface area contributed by atoms with Crippen molar-refractivity contribution in [3.8, 4) is 0 Å². The standard InChI is InChI=1S/C14H18ClN3O3S/c1-14(2)10(16-13(14)21)7-3-5-18(6-4-7)12(20)9-8(15)11(19)17-22-9/h7,10H,3-6H2,1-2H3,(H,16,21)(H,17,19). The van der Waals surface area contributed by atoms with E-state index in [4.69, 9.17) is 11.6 Å². The van der Waals surface area contributed by atoms with Crippen LogP contribution >= 0.6 is 23.1 Å². The van der Waals surface area contributed by atoms with Gasteiger partial charge in [0.15, 0.2) is 0 Å². The zero-order valence-corrected chi connectivity index (χ0v) is 14.0. The van der Waals surface area contributed by atoms with Crippen molar-refractivity contribution in [3.63, 3.8) is 0 Å². The van der Waals surface area contributed by atoms with Crippen LogP contribution in [0.5, 0.6) is 0 Å². The highest BCUT2D eigenvalue weighted by Crippen LogP contribution is 2.38. The molecule has 1 aromatic rings. The maximum absolute atomic E-state index is 12.4. The molecule has 22 heavy (non-hydrogen) atoms. The Kier molecular flexibility index (Phi) is 3.81. The average Bonchev–Trinajstić information content (AvgIpc) is 2.84. The van der Waals surface area contributed by atoms with Crippen molar-refractivity contribution < 1.29 is 9.59 Å². The molecule has 2 aliphatic rings. The van der Waals surface area contributed by atoms with Crippen LogP contribution in [0.1, 0.15) is 36.4 Å². The van der Waals surface area contributed by atoms with Crippen LogP contribution in [0.15, 0.2) is 4.79 Å². The molecular weight excluding hydrogens is 326 g/mol. The van der Waals surface area contributed by atoms with Gasteiger partial charge < -0.3 is 10.2 Å². The normalized spacial score (nSPS) is 24.8. The lowest BCUT2D eigenvalue weighted by Crippen LogP contribution is -2.68. The van der Waals surface area contributed by atoms with Crippen molar-refractivity contribution in [1.82, 2.24) is 14.6 Å². The van der Waals surface area contributed by atoms with E-state index in [1.165, 1.54) is 0 Å². The van der Waals surface area contributed by atoms with Gasteiger partial charge in [0.2, 0.25) is 5.91 Å². The van der Waals surface area contributed by atoms with Crippen molar-refractivity contribution in [3.05, 3.63) is 20.3 Å². The molecule has 2 aliphatic heterocycles. The van der Waals surface area contributed by atoms with Crippen molar-refractivity contribution in [2.75, 3.05) is 13.1 Å². The van der Waals surface area contributed by atoms with Gasteiger partial charge >= 0.3 is 0 Å². The first-order valence-electron chi connectivity index (χ1n) is 7.29. The molecule has 1 aromatic heterocycles. The summed E-state index contributed by atoms with van der Waals surface area (Å²) in [6, 6.07) is 0.184. The Morgan fingerprint density at radius 3 is 2.41 bits per heavy atom. The maximum atomic E-state index is 12.4. The number of carbonyl (C=O) groups excluding carboxylic acids is 2. The largest absolute Gasteiger partial charge is 0.351 e. The quantitative estimate of drug-likeness (QED) is 0.798. The van der Waals surface area contributed by atoms with Gasteiger partial charge in [-0.2, -0.15) is 0 Å². The lowest BCUT2D eigenvalue weighted by atomic mass is 9.68. The van der Waals surface area contributed by atoms with Crippen LogP contribution < -0.4 is 10.9 Å². The van der Waals surface area contributed by atoms with Crippen LogP contribution in [0, 0.1) is 11.3 Å². The highest BCUT2D eigenvalue weighted by atomic mass is 35.5. The summed E-state index contributed by atoms with van der Waals surface area (Å²) in [6.45, 7) is 5.17. The average molecular weight is 344 g/mol. The summed E-state index contributed by atoms with van der Waals surface area (Å²) in [5.74, 6) is 0.292. The van der Waals surface area contributed by atoms with E-state index in [2.05, 4.69) is 9.69 Å². The second-order valence-corrected chi connectivity index (χ2v) is 7.67. The molecule has 1 atom stereocenters. The number of aromatic amines is 1. The number of rotatable bonds is 2. The highest BCUT2D eigenvalue weighted by Gasteiger charge is 2.51. The zero-order valence-electron chi connectivity index (χ0n) is 12.4. The molecule has 2 amide bonds. The van der Waals surface area contributed by atoms with Crippen LogP contribution in [-0.4, -0.2) is 40.2 Å². The molecule has 0 radical (unpaired) electrons. The Hall–Kier alpha value is -1.34. The third kappa shape index (κ3) is 2.36. The number of halogens is 1. The zero-order chi connectivity index (χ0) is 16.1. The number of hydrogen-bond acceptors (Lipinski definition) is 4. The van der Waals surface area contributed by atoms with Crippen molar-refractivity contribution in [2.24, 2.45) is 11.3 Å². The molecule has 0 aliphatic carbocycles. The number of β-lactam (4-membered cyclic amide) rings is 1. The minimum atomic E-state index is -0.413. The first-order chi connectivity index (χ1) is 10.3. The number of carbonyl (C=O) groups is 2. The van der Waals surface area contributed by atoms with Crippen molar-refractivity contribution in [1.29, 1.82) is 0 Å². The Morgan fingerprint density at radius 2 is 1.95 bits per heavy atom. The molecule has 3 rings (SSSR count). The minimum absolute atomic E-state index is 0.0236. The summed E-state index contributed by atoms with van der Waals surface area (Å²) in [4.78, 5) is 37.3. The Morgan fingerprint density at radius 1 is 1.32 bits per heavy atom. The fourth-order valence-corrected chi connectivity index (χ4v) is 4.28. The molecule has 0 saturated carbocycles. The fraction of sp³-hybridized carbons (Fsp3) is 0.643. The first-order valence-corrected chi connectivity index (χ1v) is 8.49. The first kappa shape index (κ1) is 15.6. The number of piperidine rings is 1. The van der Waals surface area contributed by atoms with E-state index >= 15 is 0 Å². The van der Waals surface area contributed by atoms with Gasteiger partial charge in [-0.25, -0.2) is 0 Å². The van der Waals surface area contributed by atoms with E-state index in [0.717, 1.165) is 24.4 Å². The van der Waals surface area contributed by atoms with E-state index in [1.807, 2.05) is 13.8 Å². The van der Waals surface area contributed by atoms with Gasteiger partial charge in [0.05, 0.1) is 5.41 Å². The van der Waals surface area contributed by atoms with Gasteiger partial charge in [0.1, 0.15) is 9.90 Å². The number of amides is 2. The molecule has 8 heteroatoms. The van der Waals surface area contributed by atoms with Gasteiger partial charge in [0.25, 0.3) is 11.5 Å². The van der Waals surface area contributed by atoms with Crippen LogP contribution in [-0.2, 0) is 4.79 Å². The van der Waals surface area contributed by atoms with E-state index < -0.39 is 5.56 Å². The van der Waals surface area contributed by atoms with Gasteiger partial charge in [-0.1, -0.05) is 23.1 Å². The summed E-state index contributed by atoms with van der Waals surface area (Å²) in [5, 5.41) is 2.96. The monoisotopic (exact) mass is 343 g/mol. The molecule has 6 nitrogen and oxygen atoms in total. The summed E-state index contributed by atoms with van der Waals surface area (Å²) >= 11 is 6.84. The Balaban J connectivity index is 1.63. The summed E-state index contributed by atoms with van der Waals surface area (Å²) in [7, 11) is 0. The van der Waals surface area contributed by atoms with Crippen LogP contribution in [0.25, 0.3) is 0 Å². The van der Waals surface area contributed by atoms with E-state index in [9.17, 15) is 14.4 Å². The minimum Gasteiger partial charge on any atom is -0.351 e. The number of likely N-dealkylation sites (tertiary alicyclic amines) is 1. The third-order valence-electron chi connectivity index (χ3n) is 4.79. The second kappa shape index (κ2) is 5.38. The summed E-state index contributed by atoms with van der Waals surface area (Å²) in [6.07, 6.45) is 1.69. The molecule has 0 aromatic carbocycles. The summed E-state index contributed by atoms with van der Waals surface area (Å²) in [5.41, 5.74) is -0.732. The van der Waals surface area contributed by atoms with Crippen LogP contribution in [0.2, 0.25) is 5.02 Å². The van der Waals surface area contributed by atoms with E-state index in [0.29, 0.717) is 19.0 Å². The highest BCUT2D eigenvalue weighted by molar-refractivity contribution is 7.08. The predicted octanol–water partition coefficient (Wildman–Crippen LogP) is 1.47. The van der Waals surface area contributed by atoms with Crippen LogP contribution in [0.3, 0.4) is 0 Å². The molecule has 0 spiro atoms. The third-order valence-corrected chi connectivity index (χ3v) is 6.13. The van der Waals surface area contributed by atoms with Crippen molar-refractivity contribution >= 4 is 34.9 Å². The molecule has 3 heterocycles. The number of H-pyrrole nitrogens is 1. The number of nitrogens with one attached hydrogen (secondary N) is 2. The lowest BCUT2D eigenvalue weighted by Gasteiger charge is -2.50. The van der Waals surface area contributed by atoms with E-state index in [-0.39, 0.29) is 33.2 Å². The topological polar surface area (TPSA) is 82.3 Å². The van der Waals surface area contributed by atoms with Crippen LogP contribution in [0.4, 0.5) is 0 Å². The number of hydrogen-bond donors (Lipinski definition) is 2. The molecule has 120 valence electrons. The smallest absolute Gasteiger partial charge is 0.277 e. The molecule has 2 fully saturated rings. The fourth-order valence-electron chi connectivity index (χ4n) is 3.29. The molecule has 1 unspecified atom stereocenters. The Bertz CT molecular complexity index is 673. The molecule has 2 N–H and O–H groups in total. The van der Waals surface area contributed by atoms with E-state index in [1.54, 1.807) is 4.90 Å². The maximum Gasteiger partial charge on any atom is 0.277 e. The SMILES string of the molecule is CC1(C)C(=O)NC1C1CCN(C(=O)c2s[nH]c(=O)c2Cl)CC1. The lowest BCUT2D eigenvalue weighted by molar-refractivity contribution is -0.146. The predicted molar refractivity (Wildman–Crippen MR) is 84.3 cm³/mol. The Labute approximate surface area is 137 Å². The molecular formula is C14H18ClN3O3S. The number of nitrogens with zero attached hydrogens (tertiary/aromatic N) is 1. The summed E-state index contributed by atoms with van der Waals surface area (Å²) < 4.78 is 2.48. The van der Waals surface area contributed by atoms with Crippen molar-refractivity contribution in [2.45, 2.75) is 32.7 Å². The molecule has 2 saturated heterocycles. The second-order valence-electron chi connectivity index (χ2n) is 6.48. The van der Waals surface area contributed by atoms with Gasteiger partial charge in [-0.05, 0) is 32.6 Å². The van der Waals surface area contributed by atoms with Gasteiger partial charge in [-0.15, -0.1) is 0 Å². The van der Waals surface area contributed by atoms with Gasteiger partial charge in [0, 0.05) is 19.1 Å². The molecule has 0 bridgehead atoms.